The van der Waals surface area contributed by atoms with Crippen LogP contribution in [0.2, 0.25) is 0 Å². The predicted molar refractivity (Wildman–Crippen MR) is 130 cm³/mol. The molecule has 180 valence electrons. The first kappa shape index (κ1) is 23.9. The van der Waals surface area contributed by atoms with Crippen molar-refractivity contribution in [1.29, 1.82) is 0 Å². The number of aliphatic hydroxyl groups is 1. The normalized spacial score (nSPS) is 15.5. The van der Waals surface area contributed by atoms with E-state index in [2.05, 4.69) is 10.0 Å². The van der Waals surface area contributed by atoms with Gasteiger partial charge in [0, 0.05) is 12.1 Å². The average molecular weight is 485 g/mol. The van der Waals surface area contributed by atoms with Crippen molar-refractivity contribution in [1.82, 2.24) is 5.32 Å². The van der Waals surface area contributed by atoms with Crippen LogP contribution in [0.4, 0.5) is 5.69 Å². The van der Waals surface area contributed by atoms with E-state index in [4.69, 9.17) is 9.47 Å². The van der Waals surface area contributed by atoms with Crippen molar-refractivity contribution >= 4 is 15.7 Å². The number of rotatable bonds is 9. The average Bonchev–Trinajstić information content (AvgIpc) is 3.27. The second-order valence-electron chi connectivity index (χ2n) is 8.41. The van der Waals surface area contributed by atoms with Crippen LogP contribution in [0, 0.1) is 0 Å². The summed E-state index contributed by atoms with van der Waals surface area (Å²) in [5, 5.41) is 24.6. The van der Waals surface area contributed by atoms with Crippen LogP contribution in [0.5, 0.6) is 17.2 Å². The molecule has 3 aromatic carbocycles. The highest BCUT2D eigenvalue weighted by Gasteiger charge is 2.24. The summed E-state index contributed by atoms with van der Waals surface area (Å²) < 4.78 is 36.5. The van der Waals surface area contributed by atoms with Gasteiger partial charge in [-0.25, -0.2) is 8.42 Å². The Bertz CT molecular complexity index is 1250. The van der Waals surface area contributed by atoms with E-state index in [1.807, 2.05) is 55.5 Å². The third kappa shape index (κ3) is 5.80. The van der Waals surface area contributed by atoms with Crippen molar-refractivity contribution in [3.63, 3.8) is 0 Å². The standard InChI is InChI=1S/C25H28N2O6S/c1-16(25(29)19-8-10-22(28)21(13-19)27-34(2,30)31)26-20(12-17-6-4-3-5-7-17)18-9-11-23-24(14-18)33-15-32-23/h3-11,13-14,16,20,25-29H,12,15H2,1-2H3/t16-,20-,25+/m1/s1. The van der Waals surface area contributed by atoms with Gasteiger partial charge < -0.3 is 25.0 Å². The van der Waals surface area contributed by atoms with Gasteiger partial charge in [-0.3, -0.25) is 4.72 Å². The van der Waals surface area contributed by atoms with Crippen molar-refractivity contribution in [2.45, 2.75) is 31.5 Å². The molecule has 0 aromatic heterocycles. The van der Waals surface area contributed by atoms with Crippen LogP contribution in [0.1, 0.15) is 35.8 Å². The van der Waals surface area contributed by atoms with Crippen molar-refractivity contribution in [3.8, 4) is 17.2 Å². The number of sulfonamides is 1. The highest BCUT2D eigenvalue weighted by atomic mass is 32.2. The molecule has 4 rings (SSSR count). The molecule has 1 heterocycles. The maximum absolute atomic E-state index is 11.6. The number of hydrogen-bond donors (Lipinski definition) is 4. The molecule has 0 fully saturated rings. The van der Waals surface area contributed by atoms with Gasteiger partial charge in [-0.05, 0) is 54.3 Å². The third-order valence-electron chi connectivity index (χ3n) is 5.68. The molecule has 0 saturated heterocycles. The van der Waals surface area contributed by atoms with E-state index in [-0.39, 0.29) is 24.3 Å². The molecule has 4 N–H and O–H groups in total. The van der Waals surface area contributed by atoms with Crippen LogP contribution in [0.25, 0.3) is 0 Å². The number of aromatic hydroxyl groups is 1. The molecule has 34 heavy (non-hydrogen) atoms. The zero-order valence-electron chi connectivity index (χ0n) is 18.9. The summed E-state index contributed by atoms with van der Waals surface area (Å²) in [6.07, 6.45) is 0.709. The lowest BCUT2D eigenvalue weighted by Crippen LogP contribution is -2.36. The molecule has 0 amide bonds. The van der Waals surface area contributed by atoms with Crippen LogP contribution < -0.4 is 19.5 Å². The molecular formula is C25H28N2O6S. The summed E-state index contributed by atoms with van der Waals surface area (Å²) in [5.41, 5.74) is 2.59. The van der Waals surface area contributed by atoms with E-state index >= 15 is 0 Å². The molecule has 3 atom stereocenters. The van der Waals surface area contributed by atoms with Gasteiger partial charge >= 0.3 is 0 Å². The molecule has 8 nitrogen and oxygen atoms in total. The molecule has 9 heteroatoms. The summed E-state index contributed by atoms with van der Waals surface area (Å²) in [6, 6.07) is 19.6. The number of benzene rings is 3. The van der Waals surface area contributed by atoms with Gasteiger partial charge in [-0.2, -0.15) is 0 Å². The number of nitrogens with one attached hydrogen (secondary N) is 2. The number of anilines is 1. The topological polar surface area (TPSA) is 117 Å². The Morgan fingerprint density at radius 2 is 1.68 bits per heavy atom. The fraction of sp³-hybridized carbons (Fsp3) is 0.280. The van der Waals surface area contributed by atoms with Gasteiger partial charge in [0.05, 0.1) is 18.0 Å². The lowest BCUT2D eigenvalue weighted by Gasteiger charge is -2.28. The molecule has 1 aliphatic heterocycles. The fourth-order valence-corrected chi connectivity index (χ4v) is 4.53. The second kappa shape index (κ2) is 9.92. The Balaban J connectivity index is 1.57. The van der Waals surface area contributed by atoms with Crippen molar-refractivity contribution in [2.24, 2.45) is 0 Å². The van der Waals surface area contributed by atoms with Crippen LogP contribution in [-0.2, 0) is 16.4 Å². The van der Waals surface area contributed by atoms with E-state index in [1.54, 1.807) is 6.07 Å². The van der Waals surface area contributed by atoms with Gasteiger partial charge in [0.2, 0.25) is 16.8 Å². The minimum absolute atomic E-state index is 0.0165. The van der Waals surface area contributed by atoms with E-state index < -0.39 is 22.2 Å². The number of aliphatic hydroxyl groups excluding tert-OH is 1. The monoisotopic (exact) mass is 484 g/mol. The minimum Gasteiger partial charge on any atom is -0.506 e. The quantitative estimate of drug-likeness (QED) is 0.344. The zero-order valence-corrected chi connectivity index (χ0v) is 19.7. The van der Waals surface area contributed by atoms with E-state index in [0.29, 0.717) is 23.5 Å². The first-order valence-corrected chi connectivity index (χ1v) is 12.8. The summed E-state index contributed by atoms with van der Waals surface area (Å²) >= 11 is 0. The van der Waals surface area contributed by atoms with Gasteiger partial charge in [-0.1, -0.05) is 42.5 Å². The first-order chi connectivity index (χ1) is 16.2. The number of fused-ring (bicyclic) bond motifs is 1. The number of phenolic OH excluding ortho intramolecular Hbond substituents is 1. The molecule has 0 bridgehead atoms. The summed E-state index contributed by atoms with van der Waals surface area (Å²) in [4.78, 5) is 0. The molecule has 0 aliphatic carbocycles. The SMILES string of the molecule is C[C@@H](N[C@H](Cc1ccccc1)c1ccc2c(c1)OCO2)[C@H](O)c1ccc(O)c(NS(C)(=O)=O)c1. The van der Waals surface area contributed by atoms with E-state index in [9.17, 15) is 18.6 Å². The Morgan fingerprint density at radius 3 is 2.41 bits per heavy atom. The number of hydrogen-bond acceptors (Lipinski definition) is 7. The van der Waals surface area contributed by atoms with E-state index in [1.165, 1.54) is 12.1 Å². The summed E-state index contributed by atoms with van der Waals surface area (Å²) in [7, 11) is -3.59. The third-order valence-corrected chi connectivity index (χ3v) is 6.27. The predicted octanol–water partition coefficient (Wildman–Crippen LogP) is 3.49. The van der Waals surface area contributed by atoms with Gasteiger partial charge in [-0.15, -0.1) is 0 Å². The van der Waals surface area contributed by atoms with Crippen LogP contribution in [-0.4, -0.2) is 37.7 Å². The highest BCUT2D eigenvalue weighted by molar-refractivity contribution is 7.92. The second-order valence-corrected chi connectivity index (χ2v) is 10.2. The number of ether oxygens (including phenoxy) is 2. The smallest absolute Gasteiger partial charge is 0.231 e. The van der Waals surface area contributed by atoms with Gasteiger partial charge in [0.1, 0.15) is 5.75 Å². The Hall–Kier alpha value is -3.27. The van der Waals surface area contributed by atoms with E-state index in [0.717, 1.165) is 17.4 Å². The van der Waals surface area contributed by atoms with Gasteiger partial charge in [0.15, 0.2) is 11.5 Å². The fourth-order valence-electron chi connectivity index (χ4n) is 3.97. The molecule has 1 aliphatic rings. The van der Waals surface area contributed by atoms with Crippen molar-refractivity contribution in [2.75, 3.05) is 17.8 Å². The molecule has 0 unspecified atom stereocenters. The van der Waals surface area contributed by atoms with Gasteiger partial charge in [0.25, 0.3) is 0 Å². The Morgan fingerprint density at radius 1 is 0.971 bits per heavy atom. The molecule has 0 radical (unpaired) electrons. The maximum Gasteiger partial charge on any atom is 0.231 e. The molecule has 0 saturated carbocycles. The lowest BCUT2D eigenvalue weighted by atomic mass is 9.95. The lowest BCUT2D eigenvalue weighted by molar-refractivity contribution is 0.129. The first-order valence-electron chi connectivity index (χ1n) is 10.9. The Labute approximate surface area is 199 Å². The molecule has 3 aromatic rings. The van der Waals surface area contributed by atoms with Crippen molar-refractivity contribution < 1.29 is 28.1 Å². The Kier molecular flexibility index (Phi) is 6.97. The van der Waals surface area contributed by atoms with Crippen LogP contribution in [0.3, 0.4) is 0 Å². The maximum atomic E-state index is 11.6. The highest BCUT2D eigenvalue weighted by Crippen LogP contribution is 2.36. The largest absolute Gasteiger partial charge is 0.506 e. The molecular weight excluding hydrogens is 456 g/mol. The summed E-state index contributed by atoms with van der Waals surface area (Å²) in [6.45, 7) is 2.04. The molecule has 0 spiro atoms. The zero-order chi connectivity index (χ0) is 24.3. The van der Waals surface area contributed by atoms with Crippen LogP contribution in [0.15, 0.2) is 66.7 Å². The van der Waals surface area contributed by atoms with Crippen LogP contribution >= 0.6 is 0 Å². The minimum atomic E-state index is -3.59. The van der Waals surface area contributed by atoms with Crippen molar-refractivity contribution in [3.05, 3.63) is 83.4 Å². The summed E-state index contributed by atoms with van der Waals surface area (Å²) in [5.74, 6) is 1.16. The number of phenols is 1.